The summed E-state index contributed by atoms with van der Waals surface area (Å²) in [6.45, 7) is 7.57. The molecule has 1 atom stereocenters. The van der Waals surface area contributed by atoms with E-state index in [9.17, 15) is 4.79 Å². The standard InChI is InChI=1S/C21H27ClN4O2/c1-4-15(5-2)21-26(9-6-10-28-21)20(27)16-11-18(22)19(24-12-16)25-17-8-7-14(3)23-13-17/h7-8,11-13,15,21H,4-6,9-10H2,1-3H3,(H,24,25). The van der Waals surface area contributed by atoms with E-state index in [2.05, 4.69) is 29.1 Å². The average Bonchev–Trinajstić information content (AvgIpc) is 2.72. The zero-order chi connectivity index (χ0) is 20.1. The summed E-state index contributed by atoms with van der Waals surface area (Å²) >= 11 is 6.40. The van der Waals surface area contributed by atoms with Gasteiger partial charge in [-0.3, -0.25) is 9.78 Å². The van der Waals surface area contributed by atoms with Crippen molar-refractivity contribution in [1.82, 2.24) is 14.9 Å². The molecule has 28 heavy (non-hydrogen) atoms. The Morgan fingerprint density at radius 2 is 2.11 bits per heavy atom. The molecule has 1 amide bonds. The Balaban J connectivity index is 1.78. The van der Waals surface area contributed by atoms with Crippen LogP contribution in [0.1, 0.15) is 49.2 Å². The molecule has 2 aromatic rings. The third-order valence-electron chi connectivity index (χ3n) is 5.11. The molecule has 0 bridgehead atoms. The maximum atomic E-state index is 13.1. The van der Waals surface area contributed by atoms with Gasteiger partial charge in [-0.1, -0.05) is 25.4 Å². The van der Waals surface area contributed by atoms with Crippen LogP contribution < -0.4 is 5.32 Å². The number of carbonyl (C=O) groups is 1. The van der Waals surface area contributed by atoms with Gasteiger partial charge in [0.05, 0.1) is 29.1 Å². The van der Waals surface area contributed by atoms with E-state index < -0.39 is 0 Å². The van der Waals surface area contributed by atoms with Crippen LogP contribution in [0.3, 0.4) is 0 Å². The number of hydrogen-bond donors (Lipinski definition) is 1. The number of pyridine rings is 2. The molecule has 6 nitrogen and oxygen atoms in total. The summed E-state index contributed by atoms with van der Waals surface area (Å²) in [4.78, 5) is 23.6. The Morgan fingerprint density at radius 1 is 1.32 bits per heavy atom. The van der Waals surface area contributed by atoms with Crippen LogP contribution in [0.2, 0.25) is 5.02 Å². The van der Waals surface area contributed by atoms with Gasteiger partial charge in [0, 0.05) is 24.4 Å². The Morgan fingerprint density at radius 3 is 2.75 bits per heavy atom. The highest BCUT2D eigenvalue weighted by Gasteiger charge is 2.33. The minimum absolute atomic E-state index is 0.0884. The van der Waals surface area contributed by atoms with E-state index in [4.69, 9.17) is 16.3 Å². The van der Waals surface area contributed by atoms with Gasteiger partial charge in [0.25, 0.3) is 5.91 Å². The molecule has 0 radical (unpaired) electrons. The van der Waals surface area contributed by atoms with E-state index in [1.54, 1.807) is 18.5 Å². The third-order valence-corrected chi connectivity index (χ3v) is 5.40. The molecule has 0 spiro atoms. The molecule has 1 saturated heterocycles. The van der Waals surface area contributed by atoms with Crippen LogP contribution in [0.5, 0.6) is 0 Å². The van der Waals surface area contributed by atoms with Gasteiger partial charge < -0.3 is 15.0 Å². The zero-order valence-electron chi connectivity index (χ0n) is 16.6. The molecule has 1 N–H and O–H groups in total. The number of amides is 1. The molecule has 3 rings (SSSR count). The molecule has 3 heterocycles. The first kappa shape index (κ1) is 20.6. The number of anilines is 2. The van der Waals surface area contributed by atoms with Crippen molar-refractivity contribution in [3.63, 3.8) is 0 Å². The normalized spacial score (nSPS) is 17.0. The van der Waals surface area contributed by atoms with E-state index in [1.807, 2.05) is 24.0 Å². The first-order chi connectivity index (χ1) is 13.5. The molecule has 1 aliphatic rings. The number of nitrogens with one attached hydrogen (secondary N) is 1. The van der Waals surface area contributed by atoms with Gasteiger partial charge in [-0.25, -0.2) is 4.98 Å². The smallest absolute Gasteiger partial charge is 0.257 e. The minimum Gasteiger partial charge on any atom is -0.358 e. The van der Waals surface area contributed by atoms with E-state index >= 15 is 0 Å². The van der Waals surface area contributed by atoms with Gasteiger partial charge in [-0.2, -0.15) is 0 Å². The molecule has 1 unspecified atom stereocenters. The number of aromatic nitrogens is 2. The number of halogens is 1. The van der Waals surface area contributed by atoms with Crippen molar-refractivity contribution in [2.75, 3.05) is 18.5 Å². The number of hydrogen-bond acceptors (Lipinski definition) is 5. The van der Waals surface area contributed by atoms with E-state index in [0.717, 1.165) is 30.6 Å². The molecule has 0 aromatic carbocycles. The van der Waals surface area contributed by atoms with Gasteiger partial charge in [0.15, 0.2) is 0 Å². The highest BCUT2D eigenvalue weighted by Crippen LogP contribution is 2.28. The third kappa shape index (κ3) is 4.62. The van der Waals surface area contributed by atoms with Crippen molar-refractivity contribution < 1.29 is 9.53 Å². The maximum Gasteiger partial charge on any atom is 0.257 e. The number of ether oxygens (including phenoxy) is 1. The maximum absolute atomic E-state index is 13.1. The molecular formula is C21H27ClN4O2. The highest BCUT2D eigenvalue weighted by molar-refractivity contribution is 6.33. The Bertz CT molecular complexity index is 809. The van der Waals surface area contributed by atoms with Crippen LogP contribution in [0.15, 0.2) is 30.6 Å². The number of rotatable bonds is 6. The van der Waals surface area contributed by atoms with Crippen molar-refractivity contribution in [3.8, 4) is 0 Å². The lowest BCUT2D eigenvalue weighted by molar-refractivity contribution is -0.108. The molecule has 1 fully saturated rings. The predicted molar refractivity (Wildman–Crippen MR) is 111 cm³/mol. The summed E-state index contributed by atoms with van der Waals surface area (Å²) in [5.74, 6) is 0.729. The van der Waals surface area contributed by atoms with Gasteiger partial charge in [-0.05, 0) is 44.4 Å². The van der Waals surface area contributed by atoms with Crippen LogP contribution in [0, 0.1) is 12.8 Å². The fraction of sp³-hybridized carbons (Fsp3) is 0.476. The van der Waals surface area contributed by atoms with Crippen LogP contribution >= 0.6 is 11.6 Å². The highest BCUT2D eigenvalue weighted by atomic mass is 35.5. The van der Waals surface area contributed by atoms with Crippen molar-refractivity contribution in [2.45, 2.75) is 46.3 Å². The predicted octanol–water partition coefficient (Wildman–Crippen LogP) is 4.81. The summed E-state index contributed by atoms with van der Waals surface area (Å²) in [5, 5.41) is 3.53. The lowest BCUT2D eigenvalue weighted by atomic mass is 9.99. The molecule has 2 aromatic heterocycles. The van der Waals surface area contributed by atoms with E-state index in [1.165, 1.54) is 0 Å². The Labute approximate surface area is 171 Å². The second-order valence-electron chi connectivity index (χ2n) is 7.06. The summed E-state index contributed by atoms with van der Waals surface area (Å²) < 4.78 is 5.95. The van der Waals surface area contributed by atoms with E-state index in [0.29, 0.717) is 35.5 Å². The lowest BCUT2D eigenvalue weighted by Crippen LogP contribution is -2.50. The van der Waals surface area contributed by atoms with Crippen LogP contribution in [0.4, 0.5) is 11.5 Å². The largest absolute Gasteiger partial charge is 0.358 e. The molecule has 150 valence electrons. The van der Waals surface area contributed by atoms with Gasteiger partial charge in [0.2, 0.25) is 0 Å². The monoisotopic (exact) mass is 402 g/mol. The van der Waals surface area contributed by atoms with Crippen molar-refractivity contribution in [1.29, 1.82) is 0 Å². The van der Waals surface area contributed by atoms with Crippen molar-refractivity contribution in [2.24, 2.45) is 5.92 Å². The van der Waals surface area contributed by atoms with Crippen molar-refractivity contribution >= 4 is 29.0 Å². The number of nitrogens with zero attached hydrogens (tertiary/aromatic N) is 3. The first-order valence-corrected chi connectivity index (χ1v) is 10.2. The molecule has 0 aliphatic carbocycles. The fourth-order valence-corrected chi connectivity index (χ4v) is 3.66. The fourth-order valence-electron chi connectivity index (χ4n) is 3.45. The molecule has 1 aliphatic heterocycles. The van der Waals surface area contributed by atoms with Crippen LogP contribution in [0.25, 0.3) is 0 Å². The summed E-state index contributed by atoms with van der Waals surface area (Å²) in [5.41, 5.74) is 2.19. The topological polar surface area (TPSA) is 67.3 Å². The van der Waals surface area contributed by atoms with Gasteiger partial charge in [-0.15, -0.1) is 0 Å². The van der Waals surface area contributed by atoms with Crippen LogP contribution in [-0.4, -0.2) is 40.2 Å². The SMILES string of the molecule is CCC(CC)C1OCCCN1C(=O)c1cnc(Nc2ccc(C)nc2)c(Cl)c1. The summed E-state index contributed by atoms with van der Waals surface area (Å²) in [7, 11) is 0. The van der Waals surface area contributed by atoms with Gasteiger partial charge >= 0.3 is 0 Å². The second kappa shape index (κ2) is 9.34. The average molecular weight is 403 g/mol. The quantitative estimate of drug-likeness (QED) is 0.751. The number of carbonyl (C=O) groups excluding carboxylic acids is 1. The number of aryl methyl sites for hydroxylation is 1. The summed E-state index contributed by atoms with van der Waals surface area (Å²) in [6.07, 6.45) is 5.87. The summed E-state index contributed by atoms with van der Waals surface area (Å²) in [6, 6.07) is 5.48. The van der Waals surface area contributed by atoms with E-state index in [-0.39, 0.29) is 12.1 Å². The zero-order valence-corrected chi connectivity index (χ0v) is 17.4. The molecule has 7 heteroatoms. The Hall–Kier alpha value is -2.18. The van der Waals surface area contributed by atoms with Gasteiger partial charge in [0.1, 0.15) is 12.0 Å². The van der Waals surface area contributed by atoms with Crippen LogP contribution in [-0.2, 0) is 4.74 Å². The first-order valence-electron chi connectivity index (χ1n) is 9.81. The van der Waals surface area contributed by atoms with Crippen molar-refractivity contribution in [3.05, 3.63) is 46.9 Å². The molecular weight excluding hydrogens is 376 g/mol. The lowest BCUT2D eigenvalue weighted by Gasteiger charge is -2.39. The minimum atomic E-state index is -0.188. The molecule has 0 saturated carbocycles. The second-order valence-corrected chi connectivity index (χ2v) is 7.46. The Kier molecular flexibility index (Phi) is 6.86.